The number of halogens is 1. The number of carbonyl (C=O) groups excluding carboxylic acids is 3. The van der Waals surface area contributed by atoms with Gasteiger partial charge in [0, 0.05) is 5.56 Å². The minimum atomic E-state index is -0.701. The average molecular weight is 394 g/mol. The Hall–Kier alpha value is -2.48. The molecular weight excluding hydrogens is 378 g/mol. The van der Waals surface area contributed by atoms with Crippen LogP contribution in [0.4, 0.5) is 4.79 Å². The van der Waals surface area contributed by atoms with Crippen LogP contribution in [0.15, 0.2) is 42.9 Å². The van der Waals surface area contributed by atoms with E-state index < -0.39 is 18.0 Å². The van der Waals surface area contributed by atoms with Gasteiger partial charge in [-0.1, -0.05) is 30.3 Å². The Kier molecular flexibility index (Phi) is 5.50. The molecule has 1 amide bonds. The van der Waals surface area contributed by atoms with Crippen LogP contribution in [0.2, 0.25) is 0 Å². The minimum Gasteiger partial charge on any atom is -1.00 e. The molecule has 3 rings (SSSR count). The third-order valence-electron chi connectivity index (χ3n) is 3.73. The molecule has 1 aromatic carbocycles. The average Bonchev–Trinajstić information content (AvgIpc) is 2.98. The number of ether oxygens (including phenoxy) is 1. The predicted molar refractivity (Wildman–Crippen MR) is 78.8 cm³/mol. The van der Waals surface area contributed by atoms with Gasteiger partial charge in [-0.05, 0) is 0 Å². The fourth-order valence-corrected chi connectivity index (χ4v) is 2.57. The van der Waals surface area contributed by atoms with Gasteiger partial charge in [0.05, 0.1) is 19.7 Å². The fraction of sp³-hybridized carbons (Fsp3) is 0.250. The molecule has 1 N–H and O–H groups in total. The summed E-state index contributed by atoms with van der Waals surface area (Å²) in [5.74, 6) is -0.541. The van der Waals surface area contributed by atoms with Gasteiger partial charge in [0.25, 0.3) is 0 Å². The van der Waals surface area contributed by atoms with Crippen molar-refractivity contribution in [2.24, 2.45) is 0 Å². The first-order chi connectivity index (χ1) is 11.1. The van der Waals surface area contributed by atoms with Crippen LogP contribution in [0.1, 0.15) is 16.1 Å². The Bertz CT molecular complexity index is 773. The number of nitrogens with zero attached hydrogens (tertiary/aromatic N) is 2. The van der Waals surface area contributed by atoms with E-state index in [9.17, 15) is 14.4 Å². The SMILES string of the molecule is COC(=O)C1Cc2cn(CC(=O)c3ccccc3)c[n+]2C(=O)N1.[Br-]. The molecule has 24 heavy (non-hydrogen) atoms. The summed E-state index contributed by atoms with van der Waals surface area (Å²) in [7, 11) is 1.28. The number of fused-ring (bicyclic) bond motifs is 1. The van der Waals surface area contributed by atoms with Gasteiger partial charge in [-0.3, -0.25) is 14.7 Å². The number of hydrogen-bond donors (Lipinski definition) is 1. The Morgan fingerprint density at radius 3 is 2.71 bits per heavy atom. The number of ketones is 1. The van der Waals surface area contributed by atoms with Crippen LogP contribution in [0.25, 0.3) is 0 Å². The Morgan fingerprint density at radius 2 is 2.04 bits per heavy atom. The van der Waals surface area contributed by atoms with E-state index in [0.717, 1.165) is 0 Å². The van der Waals surface area contributed by atoms with Crippen molar-refractivity contribution in [3.05, 3.63) is 54.1 Å². The molecule has 0 aliphatic carbocycles. The lowest BCUT2D eigenvalue weighted by Gasteiger charge is -2.16. The molecule has 0 radical (unpaired) electrons. The molecule has 7 nitrogen and oxygen atoms in total. The second-order valence-electron chi connectivity index (χ2n) is 5.30. The van der Waals surface area contributed by atoms with E-state index in [1.807, 2.05) is 6.07 Å². The molecule has 0 spiro atoms. The maximum absolute atomic E-state index is 12.2. The van der Waals surface area contributed by atoms with Gasteiger partial charge in [-0.25, -0.2) is 9.59 Å². The van der Waals surface area contributed by atoms with Crippen LogP contribution in [0, 0.1) is 0 Å². The van der Waals surface area contributed by atoms with E-state index in [1.165, 1.54) is 11.7 Å². The van der Waals surface area contributed by atoms with Gasteiger partial charge in [0.2, 0.25) is 0 Å². The quantitative estimate of drug-likeness (QED) is 0.348. The lowest BCUT2D eigenvalue weighted by molar-refractivity contribution is -0.584. The van der Waals surface area contributed by atoms with Gasteiger partial charge >= 0.3 is 12.0 Å². The highest BCUT2D eigenvalue weighted by atomic mass is 79.9. The zero-order valence-corrected chi connectivity index (χ0v) is 14.5. The summed E-state index contributed by atoms with van der Waals surface area (Å²) in [6.45, 7) is 0.125. The van der Waals surface area contributed by atoms with Crippen molar-refractivity contribution in [3.63, 3.8) is 0 Å². The third-order valence-corrected chi connectivity index (χ3v) is 3.73. The summed E-state index contributed by atoms with van der Waals surface area (Å²) >= 11 is 0. The molecule has 0 bridgehead atoms. The van der Waals surface area contributed by atoms with E-state index in [2.05, 4.69) is 10.1 Å². The molecule has 1 unspecified atom stereocenters. The fourth-order valence-electron chi connectivity index (χ4n) is 2.57. The van der Waals surface area contributed by atoms with Crippen molar-refractivity contribution >= 4 is 17.8 Å². The van der Waals surface area contributed by atoms with Crippen molar-refractivity contribution in [2.45, 2.75) is 19.0 Å². The summed E-state index contributed by atoms with van der Waals surface area (Å²) < 4.78 is 7.70. The summed E-state index contributed by atoms with van der Waals surface area (Å²) in [5, 5.41) is 2.57. The predicted octanol–water partition coefficient (Wildman–Crippen LogP) is -2.68. The molecule has 1 aromatic heterocycles. The molecule has 1 atom stereocenters. The first-order valence-corrected chi connectivity index (χ1v) is 7.15. The Morgan fingerprint density at radius 1 is 1.33 bits per heavy atom. The first kappa shape index (κ1) is 17.9. The molecule has 126 valence electrons. The normalized spacial score (nSPS) is 15.7. The number of hydrogen-bond acceptors (Lipinski definition) is 4. The van der Waals surface area contributed by atoms with E-state index >= 15 is 0 Å². The van der Waals surface area contributed by atoms with E-state index in [1.54, 1.807) is 41.4 Å². The molecule has 0 saturated heterocycles. The summed E-state index contributed by atoms with van der Waals surface area (Å²) in [4.78, 5) is 35.8. The third kappa shape index (κ3) is 3.53. The molecule has 0 saturated carbocycles. The number of amides is 1. The van der Waals surface area contributed by atoms with E-state index in [0.29, 0.717) is 17.7 Å². The van der Waals surface area contributed by atoms with Crippen LogP contribution in [0.3, 0.4) is 0 Å². The van der Waals surface area contributed by atoms with Crippen LogP contribution in [-0.4, -0.2) is 35.5 Å². The standard InChI is InChI=1S/C16H15N3O4.BrH/c1-23-15(21)13-7-12-8-18(10-19(12)16(22)17-13)9-14(20)11-5-3-2-4-6-11;/h2-6,8,10,13H,7,9H2,1H3;1H. The molecule has 2 heterocycles. The number of aromatic nitrogens is 2. The first-order valence-electron chi connectivity index (χ1n) is 7.15. The van der Waals surface area contributed by atoms with Gasteiger partial charge < -0.3 is 21.7 Å². The number of rotatable bonds is 4. The largest absolute Gasteiger partial charge is 1.00 e. The van der Waals surface area contributed by atoms with Crippen molar-refractivity contribution < 1.29 is 40.7 Å². The second kappa shape index (κ2) is 7.39. The smallest absolute Gasteiger partial charge is 0.441 e. The zero-order chi connectivity index (χ0) is 16.4. The van der Waals surface area contributed by atoms with Crippen LogP contribution >= 0.6 is 0 Å². The van der Waals surface area contributed by atoms with Gasteiger partial charge in [-0.15, -0.1) is 0 Å². The summed E-state index contributed by atoms with van der Waals surface area (Å²) in [6, 6.07) is 7.84. The Balaban J connectivity index is 0.00000208. The van der Waals surface area contributed by atoms with Crippen molar-refractivity contribution in [1.82, 2.24) is 9.88 Å². The second-order valence-corrected chi connectivity index (χ2v) is 5.30. The monoisotopic (exact) mass is 393 g/mol. The minimum absolute atomic E-state index is 0. The van der Waals surface area contributed by atoms with Gasteiger partial charge in [0.15, 0.2) is 18.2 Å². The molecule has 2 aromatic rings. The molecule has 1 aliphatic rings. The molecule has 0 fully saturated rings. The van der Waals surface area contributed by atoms with Crippen LogP contribution < -0.4 is 26.9 Å². The molecule has 1 aliphatic heterocycles. The number of methoxy groups -OCH3 is 1. The highest BCUT2D eigenvalue weighted by molar-refractivity contribution is 5.95. The van der Waals surface area contributed by atoms with Crippen molar-refractivity contribution in [2.75, 3.05) is 7.11 Å². The molecule has 8 heteroatoms. The topological polar surface area (TPSA) is 81.3 Å². The van der Waals surface area contributed by atoms with Gasteiger partial charge in [0.1, 0.15) is 12.2 Å². The number of carbonyl (C=O) groups is 3. The number of benzene rings is 1. The summed E-state index contributed by atoms with van der Waals surface area (Å²) in [6.07, 6.45) is 3.58. The highest BCUT2D eigenvalue weighted by Gasteiger charge is 2.36. The molecular formula is C16H16BrN3O4. The number of esters is 1. The van der Waals surface area contributed by atoms with Crippen LogP contribution in [-0.2, 0) is 22.5 Å². The number of imidazole rings is 1. The summed E-state index contributed by atoms with van der Waals surface area (Å²) in [5.41, 5.74) is 1.27. The highest BCUT2D eigenvalue weighted by Crippen LogP contribution is 2.08. The van der Waals surface area contributed by atoms with Crippen molar-refractivity contribution in [3.8, 4) is 0 Å². The lowest BCUT2D eigenvalue weighted by atomic mass is 10.1. The number of Topliss-reactive ketones (excluding diaryl/α,β-unsaturated/α-hetero) is 1. The van der Waals surface area contributed by atoms with Gasteiger partial charge in [-0.2, -0.15) is 4.57 Å². The Labute approximate surface area is 149 Å². The zero-order valence-electron chi connectivity index (χ0n) is 12.9. The maximum Gasteiger partial charge on any atom is 0.441 e. The van der Waals surface area contributed by atoms with E-state index in [-0.39, 0.29) is 29.3 Å². The van der Waals surface area contributed by atoms with E-state index in [4.69, 9.17) is 0 Å². The van der Waals surface area contributed by atoms with Crippen molar-refractivity contribution in [1.29, 1.82) is 0 Å². The van der Waals surface area contributed by atoms with Crippen LogP contribution in [0.5, 0.6) is 0 Å². The maximum atomic E-state index is 12.2. The lowest BCUT2D eigenvalue weighted by Crippen LogP contribution is -3.00. The number of nitrogens with one attached hydrogen (secondary N) is 1.